The lowest BCUT2D eigenvalue weighted by Gasteiger charge is -2.18. The summed E-state index contributed by atoms with van der Waals surface area (Å²) in [6.07, 6.45) is 0.747. The van der Waals surface area contributed by atoms with Gasteiger partial charge in [-0.15, -0.1) is 0 Å². The van der Waals surface area contributed by atoms with Crippen molar-refractivity contribution in [2.24, 2.45) is 5.73 Å². The lowest BCUT2D eigenvalue weighted by atomic mass is 9.95. The maximum Gasteiger partial charge on any atom is 0.312 e. The lowest BCUT2D eigenvalue weighted by molar-refractivity contribution is -0.138. The van der Waals surface area contributed by atoms with Crippen molar-refractivity contribution in [3.05, 3.63) is 23.3 Å². The normalized spacial score (nSPS) is 12.0. The third kappa shape index (κ3) is 2.73. The highest BCUT2D eigenvalue weighted by Gasteiger charge is 2.23. The summed E-state index contributed by atoms with van der Waals surface area (Å²) in [4.78, 5) is 11.2. The second-order valence-electron chi connectivity index (χ2n) is 3.89. The highest BCUT2D eigenvalue weighted by Crippen LogP contribution is 2.33. The molecular weight excluding hydrogens is 234 g/mol. The van der Waals surface area contributed by atoms with E-state index in [1.807, 2.05) is 6.92 Å². The van der Waals surface area contributed by atoms with Crippen molar-refractivity contribution >= 4 is 5.97 Å². The number of ether oxygens (including phenoxy) is 2. The Bertz CT molecular complexity index is 431. The zero-order valence-electron chi connectivity index (χ0n) is 10.9. The number of carboxylic acid groups (broad SMARTS) is 1. The van der Waals surface area contributed by atoms with E-state index in [0.29, 0.717) is 17.1 Å². The van der Waals surface area contributed by atoms with E-state index in [4.69, 9.17) is 20.3 Å². The van der Waals surface area contributed by atoms with Gasteiger partial charge in [0.2, 0.25) is 0 Å². The van der Waals surface area contributed by atoms with Crippen molar-refractivity contribution in [3.8, 4) is 11.5 Å². The molecular formula is C13H19NO4. The SMILES string of the molecule is CCc1cc(C(CN)C(=O)O)c(OC)cc1OC. The number of methoxy groups -OCH3 is 2. The molecule has 0 aliphatic rings. The van der Waals surface area contributed by atoms with E-state index in [-0.39, 0.29) is 6.54 Å². The summed E-state index contributed by atoms with van der Waals surface area (Å²) < 4.78 is 10.5. The Morgan fingerprint density at radius 3 is 2.33 bits per heavy atom. The molecule has 0 aromatic heterocycles. The molecule has 100 valence electrons. The molecule has 1 aromatic carbocycles. The molecule has 0 saturated carbocycles. The van der Waals surface area contributed by atoms with Crippen LogP contribution in [0.4, 0.5) is 0 Å². The van der Waals surface area contributed by atoms with E-state index in [1.54, 1.807) is 19.2 Å². The van der Waals surface area contributed by atoms with Crippen LogP contribution in [0.2, 0.25) is 0 Å². The Labute approximate surface area is 107 Å². The van der Waals surface area contributed by atoms with Crippen molar-refractivity contribution in [1.29, 1.82) is 0 Å². The van der Waals surface area contributed by atoms with Gasteiger partial charge in [-0.25, -0.2) is 0 Å². The number of nitrogens with two attached hydrogens (primary N) is 1. The van der Waals surface area contributed by atoms with Crippen LogP contribution in [0.1, 0.15) is 24.0 Å². The summed E-state index contributed by atoms with van der Waals surface area (Å²) in [5.74, 6) is -0.541. The van der Waals surface area contributed by atoms with Crippen LogP contribution in [-0.2, 0) is 11.2 Å². The standard InChI is InChI=1S/C13H19NO4/c1-4-8-5-9(10(7-14)13(15)16)12(18-3)6-11(8)17-2/h5-6,10H,4,7,14H2,1-3H3,(H,15,16). The summed E-state index contributed by atoms with van der Waals surface area (Å²) in [5, 5.41) is 9.17. The van der Waals surface area contributed by atoms with Crippen molar-refractivity contribution in [1.82, 2.24) is 0 Å². The monoisotopic (exact) mass is 253 g/mol. The first-order valence-electron chi connectivity index (χ1n) is 5.76. The minimum Gasteiger partial charge on any atom is -0.496 e. The van der Waals surface area contributed by atoms with Crippen LogP contribution in [0.15, 0.2) is 12.1 Å². The summed E-state index contributed by atoms with van der Waals surface area (Å²) in [6.45, 7) is 2.01. The van der Waals surface area contributed by atoms with Crippen LogP contribution in [0.5, 0.6) is 11.5 Å². The van der Waals surface area contributed by atoms with Gasteiger partial charge in [-0.2, -0.15) is 0 Å². The molecule has 0 saturated heterocycles. The zero-order valence-corrected chi connectivity index (χ0v) is 10.9. The van der Waals surface area contributed by atoms with E-state index in [9.17, 15) is 4.79 Å². The molecule has 1 aromatic rings. The number of rotatable bonds is 6. The Kier molecular flexibility index (Phi) is 4.97. The van der Waals surface area contributed by atoms with Gasteiger partial charge in [-0.1, -0.05) is 6.92 Å². The third-order valence-corrected chi connectivity index (χ3v) is 2.92. The van der Waals surface area contributed by atoms with Crippen LogP contribution in [-0.4, -0.2) is 31.8 Å². The first-order valence-corrected chi connectivity index (χ1v) is 5.76. The fourth-order valence-corrected chi connectivity index (χ4v) is 1.90. The first-order chi connectivity index (χ1) is 8.58. The summed E-state index contributed by atoms with van der Waals surface area (Å²) in [5.41, 5.74) is 7.05. The Balaban J connectivity index is 3.36. The molecule has 0 radical (unpaired) electrons. The predicted octanol–water partition coefficient (Wildman–Crippen LogP) is 1.39. The van der Waals surface area contributed by atoms with Crippen molar-refractivity contribution in [2.75, 3.05) is 20.8 Å². The van der Waals surface area contributed by atoms with Gasteiger partial charge in [0.05, 0.1) is 20.1 Å². The molecule has 0 aliphatic carbocycles. The van der Waals surface area contributed by atoms with Crippen LogP contribution in [0.25, 0.3) is 0 Å². The highest BCUT2D eigenvalue weighted by atomic mass is 16.5. The summed E-state index contributed by atoms with van der Waals surface area (Å²) in [6, 6.07) is 3.50. The molecule has 0 aliphatic heterocycles. The van der Waals surface area contributed by atoms with Crippen LogP contribution in [0, 0.1) is 0 Å². The van der Waals surface area contributed by atoms with Gasteiger partial charge in [0, 0.05) is 18.2 Å². The molecule has 5 nitrogen and oxygen atoms in total. The van der Waals surface area contributed by atoms with Gasteiger partial charge in [0.25, 0.3) is 0 Å². The minimum absolute atomic E-state index is 0.0289. The molecule has 1 atom stereocenters. The van der Waals surface area contributed by atoms with Gasteiger partial charge < -0.3 is 20.3 Å². The molecule has 0 spiro atoms. The van der Waals surface area contributed by atoms with E-state index < -0.39 is 11.9 Å². The van der Waals surface area contributed by atoms with Crippen LogP contribution >= 0.6 is 0 Å². The Morgan fingerprint density at radius 2 is 1.94 bits per heavy atom. The smallest absolute Gasteiger partial charge is 0.312 e. The molecule has 3 N–H and O–H groups in total. The number of carboxylic acids is 1. The van der Waals surface area contributed by atoms with Crippen LogP contribution < -0.4 is 15.2 Å². The third-order valence-electron chi connectivity index (χ3n) is 2.92. The van der Waals surface area contributed by atoms with Gasteiger partial charge in [-0.3, -0.25) is 4.79 Å². The van der Waals surface area contributed by atoms with Gasteiger partial charge in [0.1, 0.15) is 11.5 Å². The number of aryl methyl sites for hydroxylation is 1. The Morgan fingerprint density at radius 1 is 1.33 bits per heavy atom. The molecule has 1 unspecified atom stereocenters. The van der Waals surface area contributed by atoms with Gasteiger partial charge >= 0.3 is 5.97 Å². The van der Waals surface area contributed by atoms with Crippen molar-refractivity contribution in [3.63, 3.8) is 0 Å². The van der Waals surface area contributed by atoms with E-state index in [1.165, 1.54) is 7.11 Å². The fraction of sp³-hybridized carbons (Fsp3) is 0.462. The quantitative estimate of drug-likeness (QED) is 0.800. The second-order valence-corrected chi connectivity index (χ2v) is 3.89. The van der Waals surface area contributed by atoms with Crippen molar-refractivity contribution < 1.29 is 19.4 Å². The number of aliphatic carboxylic acids is 1. The predicted molar refractivity (Wildman–Crippen MR) is 68.4 cm³/mol. The number of hydrogen-bond acceptors (Lipinski definition) is 4. The molecule has 0 amide bonds. The maximum absolute atomic E-state index is 11.2. The fourth-order valence-electron chi connectivity index (χ4n) is 1.90. The van der Waals surface area contributed by atoms with E-state index in [2.05, 4.69) is 0 Å². The Hall–Kier alpha value is -1.75. The largest absolute Gasteiger partial charge is 0.496 e. The number of carbonyl (C=O) groups is 1. The number of hydrogen-bond donors (Lipinski definition) is 2. The average molecular weight is 253 g/mol. The van der Waals surface area contributed by atoms with Crippen molar-refractivity contribution in [2.45, 2.75) is 19.3 Å². The summed E-state index contributed by atoms with van der Waals surface area (Å²) >= 11 is 0. The second kappa shape index (κ2) is 6.26. The molecule has 0 heterocycles. The maximum atomic E-state index is 11.2. The molecule has 0 bridgehead atoms. The van der Waals surface area contributed by atoms with E-state index in [0.717, 1.165) is 12.0 Å². The van der Waals surface area contributed by atoms with Gasteiger partial charge in [-0.05, 0) is 18.1 Å². The molecule has 1 rings (SSSR count). The average Bonchev–Trinajstić information content (AvgIpc) is 2.38. The number of benzene rings is 1. The molecule has 5 heteroatoms. The summed E-state index contributed by atoms with van der Waals surface area (Å²) in [7, 11) is 3.07. The van der Waals surface area contributed by atoms with E-state index >= 15 is 0 Å². The molecule has 18 heavy (non-hydrogen) atoms. The first kappa shape index (κ1) is 14.3. The lowest BCUT2D eigenvalue weighted by Crippen LogP contribution is -2.22. The van der Waals surface area contributed by atoms with Gasteiger partial charge in [0.15, 0.2) is 0 Å². The minimum atomic E-state index is -0.956. The highest BCUT2D eigenvalue weighted by molar-refractivity contribution is 5.78. The topological polar surface area (TPSA) is 81.8 Å². The zero-order chi connectivity index (χ0) is 13.7. The van der Waals surface area contributed by atoms with Crippen LogP contribution in [0.3, 0.4) is 0 Å². The molecule has 0 fully saturated rings.